The van der Waals surface area contributed by atoms with Crippen molar-refractivity contribution in [1.82, 2.24) is 14.8 Å². The number of hydrogen-bond donors (Lipinski definition) is 1. The Labute approximate surface area is 224 Å². The lowest BCUT2D eigenvalue weighted by atomic mass is 10.1. The van der Waals surface area contributed by atoms with Gasteiger partial charge in [0.2, 0.25) is 0 Å². The van der Waals surface area contributed by atoms with E-state index in [0.717, 1.165) is 24.3 Å². The lowest BCUT2D eigenvalue weighted by Crippen LogP contribution is -2.13. The molecule has 0 spiro atoms. The van der Waals surface area contributed by atoms with Crippen LogP contribution in [0.2, 0.25) is 0 Å². The molecule has 1 aromatic heterocycles. The number of ether oxygens (including phenoxy) is 1. The van der Waals surface area contributed by atoms with Crippen LogP contribution in [-0.2, 0) is 12.8 Å². The van der Waals surface area contributed by atoms with E-state index < -0.39 is 23.5 Å². The van der Waals surface area contributed by atoms with Gasteiger partial charge in [0.05, 0.1) is 16.8 Å². The first-order valence-electron chi connectivity index (χ1n) is 11.9. The molecule has 6 nitrogen and oxygen atoms in total. The number of carbonyl (C=O) groups is 1. The molecular weight excluding hydrogens is 531 g/mol. The third-order valence-electron chi connectivity index (χ3n) is 5.83. The lowest BCUT2D eigenvalue weighted by Gasteiger charge is -2.10. The second-order valence-electron chi connectivity index (χ2n) is 8.60. The van der Waals surface area contributed by atoms with Gasteiger partial charge < -0.3 is 10.1 Å². The molecule has 0 radical (unpaired) electrons. The highest BCUT2D eigenvalue weighted by molar-refractivity contribution is 6.04. The molecular formula is C29H19F5N4O2. The zero-order valence-corrected chi connectivity index (χ0v) is 20.5. The summed E-state index contributed by atoms with van der Waals surface area (Å²) in [7, 11) is 0. The van der Waals surface area contributed by atoms with Gasteiger partial charge in [-0.15, -0.1) is 5.10 Å². The van der Waals surface area contributed by atoms with Crippen LogP contribution in [0, 0.1) is 11.6 Å². The summed E-state index contributed by atoms with van der Waals surface area (Å²) in [4.78, 5) is 16.9. The molecule has 5 rings (SSSR count). The number of alkyl halides is 3. The number of anilines is 1. The molecule has 0 atom stereocenters. The van der Waals surface area contributed by atoms with E-state index >= 15 is 0 Å². The van der Waals surface area contributed by atoms with Crippen LogP contribution >= 0.6 is 0 Å². The molecule has 1 N–H and O–H groups in total. The zero-order chi connectivity index (χ0) is 28.3. The van der Waals surface area contributed by atoms with Gasteiger partial charge in [-0.2, -0.15) is 18.2 Å². The predicted octanol–water partition coefficient (Wildman–Crippen LogP) is 7.06. The van der Waals surface area contributed by atoms with E-state index in [1.54, 1.807) is 48.5 Å². The Balaban J connectivity index is 1.37. The fourth-order valence-corrected chi connectivity index (χ4v) is 3.78. The minimum Gasteiger partial charge on any atom is -0.457 e. The minimum absolute atomic E-state index is 0.0396. The van der Waals surface area contributed by atoms with Crippen LogP contribution in [0.5, 0.6) is 6.01 Å². The van der Waals surface area contributed by atoms with Crippen LogP contribution in [0.1, 0.15) is 21.5 Å². The van der Waals surface area contributed by atoms with Gasteiger partial charge in [-0.3, -0.25) is 4.79 Å². The highest BCUT2D eigenvalue weighted by Gasteiger charge is 2.30. The Hall–Kier alpha value is -5.06. The topological polar surface area (TPSA) is 69.0 Å². The Bertz CT molecular complexity index is 1630. The van der Waals surface area contributed by atoms with Crippen LogP contribution in [0.15, 0.2) is 97.1 Å². The summed E-state index contributed by atoms with van der Waals surface area (Å²) >= 11 is 0. The molecule has 0 aliphatic rings. The predicted molar refractivity (Wildman–Crippen MR) is 137 cm³/mol. The quantitative estimate of drug-likeness (QED) is 0.220. The molecule has 5 aromatic rings. The minimum atomic E-state index is -4.50. The Morgan fingerprint density at radius 3 is 2.17 bits per heavy atom. The van der Waals surface area contributed by atoms with Crippen molar-refractivity contribution in [2.75, 3.05) is 5.32 Å². The molecule has 1 amide bonds. The van der Waals surface area contributed by atoms with Crippen LogP contribution in [0.4, 0.5) is 27.6 Å². The fourth-order valence-electron chi connectivity index (χ4n) is 3.78. The van der Waals surface area contributed by atoms with Crippen LogP contribution in [0.3, 0.4) is 0 Å². The van der Waals surface area contributed by atoms with Crippen molar-refractivity contribution in [3.05, 3.63) is 125 Å². The van der Waals surface area contributed by atoms with Crippen LogP contribution < -0.4 is 10.1 Å². The standard InChI is InChI=1S/C29H19F5N4O2/c30-21-11-5-18(6-12-21)17-40-28-36-26(24-3-1-2-4-25(24)31)38(37-28)23-15-13-22(14-16-23)35-27(39)19-7-9-20(10-8-19)29(32,33)34/h1-16H,17H2,(H,35,39). The molecule has 40 heavy (non-hydrogen) atoms. The summed E-state index contributed by atoms with van der Waals surface area (Å²) in [6.07, 6.45) is -4.50. The first kappa shape index (κ1) is 26.5. The first-order chi connectivity index (χ1) is 19.2. The van der Waals surface area contributed by atoms with Gasteiger partial charge in [-0.1, -0.05) is 24.3 Å². The molecule has 0 aliphatic carbocycles. The maximum atomic E-state index is 14.7. The van der Waals surface area contributed by atoms with Gasteiger partial charge in [0, 0.05) is 11.3 Å². The number of rotatable bonds is 7. The maximum absolute atomic E-state index is 14.7. The monoisotopic (exact) mass is 550 g/mol. The van der Waals surface area contributed by atoms with Gasteiger partial charge in [-0.25, -0.2) is 13.5 Å². The van der Waals surface area contributed by atoms with E-state index in [-0.39, 0.29) is 35.4 Å². The smallest absolute Gasteiger partial charge is 0.416 e. The highest BCUT2D eigenvalue weighted by Crippen LogP contribution is 2.30. The second-order valence-corrected chi connectivity index (χ2v) is 8.60. The number of nitrogens with one attached hydrogen (secondary N) is 1. The molecule has 0 bridgehead atoms. The Morgan fingerprint density at radius 1 is 0.850 bits per heavy atom. The summed E-state index contributed by atoms with van der Waals surface area (Å²) in [6.45, 7) is 0.0515. The Morgan fingerprint density at radius 2 is 1.52 bits per heavy atom. The van der Waals surface area contributed by atoms with Crippen LogP contribution in [-0.4, -0.2) is 20.7 Å². The van der Waals surface area contributed by atoms with Gasteiger partial charge in [0.25, 0.3) is 5.91 Å². The third-order valence-corrected chi connectivity index (χ3v) is 5.83. The molecule has 0 saturated heterocycles. The van der Waals surface area contributed by atoms with Gasteiger partial charge in [0.1, 0.15) is 18.2 Å². The SMILES string of the molecule is O=C(Nc1ccc(-n2nc(OCc3ccc(F)cc3)nc2-c2ccccc2F)cc1)c1ccc(C(F)(F)F)cc1. The average molecular weight is 550 g/mol. The maximum Gasteiger partial charge on any atom is 0.416 e. The number of carbonyl (C=O) groups excluding carboxylic acids is 1. The van der Waals surface area contributed by atoms with Gasteiger partial charge in [-0.05, 0) is 78.4 Å². The summed E-state index contributed by atoms with van der Waals surface area (Å²) in [5.74, 6) is -1.34. The summed E-state index contributed by atoms with van der Waals surface area (Å²) in [6, 6.07) is 21.9. The van der Waals surface area contributed by atoms with Crippen molar-refractivity contribution in [1.29, 1.82) is 0 Å². The summed E-state index contributed by atoms with van der Waals surface area (Å²) in [5, 5.41) is 6.98. The molecule has 1 heterocycles. The number of hydrogen-bond acceptors (Lipinski definition) is 4. The van der Waals surface area contributed by atoms with E-state index in [4.69, 9.17) is 4.74 Å². The van der Waals surface area contributed by atoms with Crippen molar-refractivity contribution >= 4 is 11.6 Å². The van der Waals surface area contributed by atoms with E-state index in [2.05, 4.69) is 15.4 Å². The normalized spacial score (nSPS) is 11.3. The van der Waals surface area contributed by atoms with E-state index in [0.29, 0.717) is 16.9 Å². The van der Waals surface area contributed by atoms with Crippen molar-refractivity contribution in [3.63, 3.8) is 0 Å². The molecule has 0 aliphatic heterocycles. The van der Waals surface area contributed by atoms with Crippen molar-refractivity contribution in [3.8, 4) is 23.1 Å². The van der Waals surface area contributed by atoms with Gasteiger partial charge in [0.15, 0.2) is 5.82 Å². The van der Waals surface area contributed by atoms with E-state index in [9.17, 15) is 26.7 Å². The zero-order valence-electron chi connectivity index (χ0n) is 20.5. The number of benzene rings is 4. The number of halogens is 5. The number of nitrogens with zero attached hydrogens (tertiary/aromatic N) is 3. The summed E-state index contributed by atoms with van der Waals surface area (Å²) in [5.41, 5.74) is 0.889. The molecule has 202 valence electrons. The van der Waals surface area contributed by atoms with Crippen LogP contribution in [0.25, 0.3) is 17.1 Å². The van der Waals surface area contributed by atoms with Crippen molar-refractivity contribution < 1.29 is 31.5 Å². The lowest BCUT2D eigenvalue weighted by molar-refractivity contribution is -0.137. The Kier molecular flexibility index (Phi) is 7.28. The van der Waals surface area contributed by atoms with Crippen molar-refractivity contribution in [2.24, 2.45) is 0 Å². The van der Waals surface area contributed by atoms with E-state index in [1.807, 2.05) is 0 Å². The van der Waals surface area contributed by atoms with E-state index in [1.165, 1.54) is 28.9 Å². The fraction of sp³-hybridized carbons (Fsp3) is 0.0690. The molecule has 11 heteroatoms. The molecule has 0 fully saturated rings. The third kappa shape index (κ3) is 5.98. The highest BCUT2D eigenvalue weighted by atomic mass is 19.4. The number of aromatic nitrogens is 3. The molecule has 0 unspecified atom stereocenters. The average Bonchev–Trinajstić information content (AvgIpc) is 3.37. The molecule has 0 saturated carbocycles. The number of amides is 1. The largest absolute Gasteiger partial charge is 0.457 e. The molecule has 4 aromatic carbocycles. The second kappa shape index (κ2) is 11.0. The van der Waals surface area contributed by atoms with Gasteiger partial charge >= 0.3 is 12.2 Å². The van der Waals surface area contributed by atoms with Crippen molar-refractivity contribution in [2.45, 2.75) is 12.8 Å². The first-order valence-corrected chi connectivity index (χ1v) is 11.9. The summed E-state index contributed by atoms with van der Waals surface area (Å²) < 4.78 is 73.3.